The molecule has 2 atom stereocenters. The first-order valence-electron chi connectivity index (χ1n) is 8.92. The molecule has 0 bridgehead atoms. The number of hydrogen-bond acceptors (Lipinski definition) is 3. The minimum atomic E-state index is 0.195. The van der Waals surface area contributed by atoms with Gasteiger partial charge < -0.3 is 14.9 Å². The smallest absolute Gasteiger partial charge is 0.224 e. The predicted octanol–water partition coefficient (Wildman–Crippen LogP) is 2.45. The van der Waals surface area contributed by atoms with Crippen LogP contribution in [-0.2, 0) is 11.2 Å². The van der Waals surface area contributed by atoms with Gasteiger partial charge in [-0.05, 0) is 50.2 Å². The molecule has 2 aliphatic heterocycles. The number of benzene rings is 1. The molecule has 0 aliphatic carbocycles. The standard InChI is InChI=1S/C19H28N2O2/c1-15-8-9-17-6-2-3-7-18(17)21(15)12-10-19(23)20-11-4-5-16(13-20)14-22/h2-3,6-7,15-16,22H,4-5,8-14H2,1H3. The van der Waals surface area contributed by atoms with Gasteiger partial charge in [0, 0.05) is 44.4 Å². The minimum absolute atomic E-state index is 0.195. The van der Waals surface area contributed by atoms with E-state index in [0.717, 1.165) is 45.3 Å². The van der Waals surface area contributed by atoms with Crippen LogP contribution in [0.2, 0.25) is 0 Å². The van der Waals surface area contributed by atoms with E-state index in [-0.39, 0.29) is 18.4 Å². The number of aliphatic hydroxyl groups excluding tert-OH is 1. The highest BCUT2D eigenvalue weighted by atomic mass is 16.3. The van der Waals surface area contributed by atoms with Gasteiger partial charge in [0.25, 0.3) is 0 Å². The van der Waals surface area contributed by atoms with E-state index in [9.17, 15) is 9.90 Å². The van der Waals surface area contributed by atoms with Crippen LogP contribution in [0.15, 0.2) is 24.3 Å². The van der Waals surface area contributed by atoms with Crippen LogP contribution in [0.4, 0.5) is 5.69 Å². The number of rotatable bonds is 4. The number of para-hydroxylation sites is 1. The normalized spacial score (nSPS) is 24.4. The number of amides is 1. The van der Waals surface area contributed by atoms with Crippen molar-refractivity contribution < 1.29 is 9.90 Å². The summed E-state index contributed by atoms with van der Waals surface area (Å²) in [5, 5.41) is 9.32. The zero-order valence-corrected chi connectivity index (χ0v) is 14.1. The second-order valence-corrected chi connectivity index (χ2v) is 6.99. The van der Waals surface area contributed by atoms with Crippen LogP contribution in [0.5, 0.6) is 0 Å². The predicted molar refractivity (Wildman–Crippen MR) is 92.6 cm³/mol. The molecule has 4 nitrogen and oxygen atoms in total. The Morgan fingerprint density at radius 2 is 2.13 bits per heavy atom. The van der Waals surface area contributed by atoms with Gasteiger partial charge in [-0.15, -0.1) is 0 Å². The molecule has 1 saturated heterocycles. The number of piperidine rings is 1. The van der Waals surface area contributed by atoms with Crippen LogP contribution in [0, 0.1) is 5.92 Å². The summed E-state index contributed by atoms with van der Waals surface area (Å²) >= 11 is 0. The molecule has 4 heteroatoms. The van der Waals surface area contributed by atoms with Crippen LogP contribution >= 0.6 is 0 Å². The molecular weight excluding hydrogens is 288 g/mol. The Kier molecular flexibility index (Phi) is 5.21. The van der Waals surface area contributed by atoms with Gasteiger partial charge >= 0.3 is 0 Å². The third-order valence-corrected chi connectivity index (χ3v) is 5.36. The van der Waals surface area contributed by atoms with Crippen molar-refractivity contribution in [1.82, 2.24) is 4.90 Å². The number of aliphatic hydroxyl groups is 1. The van der Waals surface area contributed by atoms with Crippen LogP contribution in [-0.4, -0.2) is 48.2 Å². The number of aryl methyl sites for hydroxylation is 1. The molecule has 3 rings (SSSR count). The Balaban J connectivity index is 1.60. The highest BCUT2D eigenvalue weighted by Gasteiger charge is 2.26. The van der Waals surface area contributed by atoms with Crippen molar-refractivity contribution in [3.63, 3.8) is 0 Å². The number of carbonyl (C=O) groups excluding carboxylic acids is 1. The van der Waals surface area contributed by atoms with Crippen LogP contribution in [0.25, 0.3) is 0 Å². The summed E-state index contributed by atoms with van der Waals surface area (Å²) in [7, 11) is 0. The van der Waals surface area contributed by atoms with Crippen LogP contribution in [0.3, 0.4) is 0 Å². The maximum atomic E-state index is 12.5. The van der Waals surface area contributed by atoms with Crippen molar-refractivity contribution in [3.05, 3.63) is 29.8 Å². The molecule has 1 fully saturated rings. The van der Waals surface area contributed by atoms with Crippen molar-refractivity contribution in [2.24, 2.45) is 5.92 Å². The Hall–Kier alpha value is -1.55. The SMILES string of the molecule is CC1CCc2ccccc2N1CCC(=O)N1CCCC(CO)C1. The Morgan fingerprint density at radius 1 is 1.30 bits per heavy atom. The molecular formula is C19H28N2O2. The summed E-state index contributed by atoms with van der Waals surface area (Å²) in [6.07, 6.45) is 4.90. The van der Waals surface area contributed by atoms with Gasteiger partial charge in [0.2, 0.25) is 5.91 Å². The van der Waals surface area contributed by atoms with E-state index in [1.165, 1.54) is 11.3 Å². The summed E-state index contributed by atoms with van der Waals surface area (Å²) in [6, 6.07) is 9.05. The maximum absolute atomic E-state index is 12.5. The fraction of sp³-hybridized carbons (Fsp3) is 0.632. The number of hydrogen-bond donors (Lipinski definition) is 1. The van der Waals surface area contributed by atoms with E-state index in [0.29, 0.717) is 12.5 Å². The van der Waals surface area contributed by atoms with Gasteiger partial charge in [-0.2, -0.15) is 0 Å². The number of likely N-dealkylation sites (tertiary alicyclic amines) is 1. The lowest BCUT2D eigenvalue weighted by Crippen LogP contribution is -2.44. The molecule has 1 aromatic carbocycles. The van der Waals surface area contributed by atoms with E-state index >= 15 is 0 Å². The Bertz CT molecular complexity index is 546. The fourth-order valence-corrected chi connectivity index (χ4v) is 3.92. The van der Waals surface area contributed by atoms with E-state index in [2.05, 4.69) is 36.1 Å². The molecule has 2 unspecified atom stereocenters. The lowest BCUT2D eigenvalue weighted by molar-refractivity contribution is -0.133. The lowest BCUT2D eigenvalue weighted by Gasteiger charge is -2.38. The summed E-state index contributed by atoms with van der Waals surface area (Å²) < 4.78 is 0. The zero-order chi connectivity index (χ0) is 16.2. The molecule has 0 aromatic heterocycles. The van der Waals surface area contributed by atoms with E-state index in [4.69, 9.17) is 0 Å². The van der Waals surface area contributed by atoms with Gasteiger partial charge in [0.15, 0.2) is 0 Å². The van der Waals surface area contributed by atoms with E-state index < -0.39 is 0 Å². The topological polar surface area (TPSA) is 43.8 Å². The van der Waals surface area contributed by atoms with E-state index in [1.54, 1.807) is 0 Å². The molecule has 1 amide bonds. The first kappa shape index (κ1) is 16.3. The van der Waals surface area contributed by atoms with Crippen LogP contribution < -0.4 is 4.90 Å². The molecule has 23 heavy (non-hydrogen) atoms. The number of anilines is 1. The van der Waals surface area contributed by atoms with Gasteiger partial charge in [0.1, 0.15) is 0 Å². The summed E-state index contributed by atoms with van der Waals surface area (Å²) in [5.41, 5.74) is 2.70. The van der Waals surface area contributed by atoms with Crippen LogP contribution in [0.1, 0.15) is 38.2 Å². The zero-order valence-electron chi connectivity index (χ0n) is 14.1. The van der Waals surface area contributed by atoms with Crippen molar-refractivity contribution in [2.75, 3.05) is 31.1 Å². The van der Waals surface area contributed by atoms with Crippen molar-refractivity contribution in [2.45, 2.75) is 45.1 Å². The molecule has 2 aliphatic rings. The number of carbonyl (C=O) groups is 1. The molecule has 0 spiro atoms. The van der Waals surface area contributed by atoms with Gasteiger partial charge in [0.05, 0.1) is 0 Å². The third kappa shape index (κ3) is 3.69. The van der Waals surface area contributed by atoms with Crippen molar-refractivity contribution >= 4 is 11.6 Å². The molecule has 1 N–H and O–H groups in total. The third-order valence-electron chi connectivity index (χ3n) is 5.36. The summed E-state index contributed by atoms with van der Waals surface area (Å²) in [6.45, 7) is 4.81. The van der Waals surface area contributed by atoms with E-state index in [1.807, 2.05) is 4.90 Å². The molecule has 0 saturated carbocycles. The summed E-state index contributed by atoms with van der Waals surface area (Å²) in [4.78, 5) is 16.9. The first-order chi connectivity index (χ1) is 11.2. The van der Waals surface area contributed by atoms with Gasteiger partial charge in [-0.25, -0.2) is 0 Å². The lowest BCUT2D eigenvalue weighted by atomic mass is 9.96. The monoisotopic (exact) mass is 316 g/mol. The first-order valence-corrected chi connectivity index (χ1v) is 8.92. The summed E-state index contributed by atoms with van der Waals surface area (Å²) in [5.74, 6) is 0.501. The molecule has 126 valence electrons. The van der Waals surface area contributed by atoms with Crippen molar-refractivity contribution in [1.29, 1.82) is 0 Å². The number of fused-ring (bicyclic) bond motifs is 1. The van der Waals surface area contributed by atoms with Gasteiger partial charge in [-0.1, -0.05) is 18.2 Å². The quantitative estimate of drug-likeness (QED) is 0.928. The average molecular weight is 316 g/mol. The highest BCUT2D eigenvalue weighted by Crippen LogP contribution is 2.30. The molecule has 0 radical (unpaired) electrons. The molecule has 1 aromatic rings. The average Bonchev–Trinajstić information content (AvgIpc) is 2.60. The maximum Gasteiger partial charge on any atom is 0.224 e. The number of nitrogens with zero attached hydrogens (tertiary/aromatic N) is 2. The van der Waals surface area contributed by atoms with Crippen molar-refractivity contribution in [3.8, 4) is 0 Å². The Labute approximate surface area is 139 Å². The molecule has 2 heterocycles. The second-order valence-electron chi connectivity index (χ2n) is 6.99. The highest BCUT2D eigenvalue weighted by molar-refractivity contribution is 5.77. The minimum Gasteiger partial charge on any atom is -0.396 e. The van der Waals surface area contributed by atoms with Gasteiger partial charge in [-0.3, -0.25) is 4.79 Å². The Morgan fingerprint density at radius 3 is 2.96 bits per heavy atom. The second kappa shape index (κ2) is 7.35. The fourth-order valence-electron chi connectivity index (χ4n) is 3.92. The largest absolute Gasteiger partial charge is 0.396 e.